The smallest absolute Gasteiger partial charge is 0.263 e. The highest BCUT2D eigenvalue weighted by Gasteiger charge is 2.67. The molecule has 4 aliphatic carbocycles. The Hall–Kier alpha value is -0.480. The molecule has 178 valence electrons. The van der Waals surface area contributed by atoms with Crippen molar-refractivity contribution in [1.82, 2.24) is 0 Å². The maximum Gasteiger partial charge on any atom is 0.263 e. The molecule has 0 aromatic heterocycles. The summed E-state index contributed by atoms with van der Waals surface area (Å²) in [6.07, 6.45) is 5.17. The first-order valence-electron chi connectivity index (χ1n) is 11.5. The summed E-state index contributed by atoms with van der Waals surface area (Å²) in [5.41, 5.74) is -1.78. The Labute approximate surface area is 186 Å². The van der Waals surface area contributed by atoms with Gasteiger partial charge in [0.15, 0.2) is 29.5 Å². The van der Waals surface area contributed by atoms with E-state index in [2.05, 4.69) is 0 Å². The van der Waals surface area contributed by atoms with Gasteiger partial charge in [-0.05, 0) is 49.9 Å². The summed E-state index contributed by atoms with van der Waals surface area (Å²) >= 11 is 0. The quantitative estimate of drug-likeness (QED) is 0.534. The number of hydrogen-bond acceptors (Lipinski definition) is 7. The molecule has 10 heteroatoms. The van der Waals surface area contributed by atoms with Crippen LogP contribution in [0.1, 0.15) is 84.5 Å². The van der Waals surface area contributed by atoms with Crippen LogP contribution in [0.5, 0.6) is 0 Å². The van der Waals surface area contributed by atoms with Crippen LogP contribution in [0.2, 0.25) is 0 Å². The maximum atomic E-state index is 13.8. The lowest BCUT2D eigenvalue weighted by Gasteiger charge is -2.37. The van der Waals surface area contributed by atoms with Crippen LogP contribution in [0, 0.1) is 16.7 Å². The van der Waals surface area contributed by atoms with Gasteiger partial charge in [0, 0.05) is 11.8 Å². The molecule has 7 nitrogen and oxygen atoms in total. The van der Waals surface area contributed by atoms with Gasteiger partial charge in [-0.3, -0.25) is 4.79 Å². The maximum absolute atomic E-state index is 13.8. The van der Waals surface area contributed by atoms with Crippen molar-refractivity contribution in [2.75, 3.05) is 5.75 Å². The molecule has 0 amide bonds. The lowest BCUT2D eigenvalue weighted by Crippen LogP contribution is -2.51. The van der Waals surface area contributed by atoms with Crippen molar-refractivity contribution in [2.45, 2.75) is 98.9 Å². The average molecular weight is 495 g/mol. The van der Waals surface area contributed by atoms with Crippen LogP contribution in [0.15, 0.2) is 0 Å². The Bertz CT molecular complexity index is 1010. The van der Waals surface area contributed by atoms with Gasteiger partial charge in [0.1, 0.15) is 5.78 Å². The van der Waals surface area contributed by atoms with E-state index in [1.54, 1.807) is 0 Å². The summed E-state index contributed by atoms with van der Waals surface area (Å²) in [4.78, 5) is 12.9. The number of rotatable bonds is 7. The summed E-state index contributed by atoms with van der Waals surface area (Å²) in [6, 6.07) is 0. The molecule has 2 atom stereocenters. The van der Waals surface area contributed by atoms with Gasteiger partial charge < -0.3 is 0 Å². The minimum atomic E-state index is -4.64. The van der Waals surface area contributed by atoms with Crippen molar-refractivity contribution in [1.29, 1.82) is 0 Å². The van der Waals surface area contributed by atoms with Crippen LogP contribution in [0.25, 0.3) is 0 Å². The van der Waals surface area contributed by atoms with E-state index in [9.17, 15) is 30.0 Å². The van der Waals surface area contributed by atoms with Gasteiger partial charge >= 0.3 is 0 Å². The summed E-state index contributed by atoms with van der Waals surface area (Å²) in [7, 11) is -13.6. The normalized spacial score (nSPS) is 32.5. The minimum absolute atomic E-state index is 0.0616. The standard InChI is InChI=1S/C21H34O7S3/c1-20(2)15-11-12-21(20,18(22)13-15)14-29(23,24)19(30(25,26)16-7-3-4-8-16)31(27,28)17-9-5-6-10-17/h15-17,19H,3-14H2,1-2H3. The van der Waals surface area contributed by atoms with Gasteiger partial charge in [0.05, 0.1) is 16.3 Å². The van der Waals surface area contributed by atoms with Crippen molar-refractivity contribution < 1.29 is 30.0 Å². The zero-order valence-corrected chi connectivity index (χ0v) is 20.8. The lowest BCUT2D eigenvalue weighted by atomic mass is 9.70. The van der Waals surface area contributed by atoms with E-state index in [0.29, 0.717) is 64.2 Å². The van der Waals surface area contributed by atoms with E-state index in [-0.39, 0.29) is 18.1 Å². The molecule has 0 aromatic rings. The third kappa shape index (κ3) is 3.45. The third-order valence-corrected chi connectivity index (χ3v) is 19.3. The zero-order valence-electron chi connectivity index (χ0n) is 18.4. The fourth-order valence-electron chi connectivity index (χ4n) is 6.86. The van der Waals surface area contributed by atoms with E-state index in [1.807, 2.05) is 13.8 Å². The second-order valence-corrected chi connectivity index (χ2v) is 18.4. The monoisotopic (exact) mass is 494 g/mol. The van der Waals surface area contributed by atoms with Crippen LogP contribution in [0.4, 0.5) is 0 Å². The molecule has 4 fully saturated rings. The Kier molecular flexibility index (Phi) is 5.74. The fourth-order valence-corrected chi connectivity index (χ4v) is 18.0. The molecule has 2 unspecified atom stereocenters. The largest absolute Gasteiger partial charge is 0.299 e. The molecule has 0 N–H and O–H groups in total. The predicted molar refractivity (Wildman–Crippen MR) is 118 cm³/mol. The molecule has 0 saturated heterocycles. The topological polar surface area (TPSA) is 119 Å². The highest BCUT2D eigenvalue weighted by atomic mass is 32.3. The first-order valence-corrected chi connectivity index (χ1v) is 16.4. The number of Topliss-reactive ketones (excluding diaryl/α,β-unsaturated/α-hetero) is 1. The SMILES string of the molecule is CC1(C)C2CCC1(CS(=O)(=O)C(S(=O)(=O)C1CCCC1)S(=O)(=O)C1CCCC1)C(=O)C2. The third-order valence-electron chi connectivity index (χ3n) is 8.95. The number of hydrogen-bond donors (Lipinski definition) is 0. The van der Waals surface area contributed by atoms with E-state index in [0.717, 1.165) is 0 Å². The van der Waals surface area contributed by atoms with Gasteiger partial charge in [-0.1, -0.05) is 39.5 Å². The molecule has 0 aromatic carbocycles. The Balaban J connectivity index is 1.80. The molecular weight excluding hydrogens is 460 g/mol. The van der Waals surface area contributed by atoms with Crippen molar-refractivity contribution in [2.24, 2.45) is 16.7 Å². The van der Waals surface area contributed by atoms with Gasteiger partial charge in [0.2, 0.25) is 0 Å². The van der Waals surface area contributed by atoms with Gasteiger partial charge in [-0.15, -0.1) is 0 Å². The predicted octanol–water partition coefficient (Wildman–Crippen LogP) is 2.80. The van der Waals surface area contributed by atoms with Crippen LogP contribution in [-0.4, -0.2) is 51.2 Å². The molecule has 31 heavy (non-hydrogen) atoms. The van der Waals surface area contributed by atoms with Crippen molar-refractivity contribution in [3.63, 3.8) is 0 Å². The first kappa shape index (κ1) is 23.7. The van der Waals surface area contributed by atoms with Crippen LogP contribution in [-0.2, 0) is 34.3 Å². The highest BCUT2D eigenvalue weighted by Crippen LogP contribution is 2.64. The first-order chi connectivity index (χ1) is 14.3. The molecular formula is C21H34O7S3. The lowest BCUT2D eigenvalue weighted by molar-refractivity contribution is -0.128. The molecule has 4 rings (SSSR count). The average Bonchev–Trinajstić information content (AvgIpc) is 3.41. The van der Waals surface area contributed by atoms with E-state index in [1.165, 1.54) is 0 Å². The molecule has 0 radical (unpaired) electrons. The minimum Gasteiger partial charge on any atom is -0.299 e. The van der Waals surface area contributed by atoms with Gasteiger partial charge in [0.25, 0.3) is 3.91 Å². The fraction of sp³-hybridized carbons (Fsp3) is 0.952. The number of fused-ring (bicyclic) bond motifs is 2. The Morgan fingerprint density at radius 1 is 0.806 bits per heavy atom. The van der Waals surface area contributed by atoms with Crippen molar-refractivity contribution >= 4 is 35.3 Å². The van der Waals surface area contributed by atoms with Crippen LogP contribution >= 0.6 is 0 Å². The van der Waals surface area contributed by atoms with Crippen molar-refractivity contribution in [3.8, 4) is 0 Å². The number of ketones is 1. The van der Waals surface area contributed by atoms with Crippen molar-refractivity contribution in [3.05, 3.63) is 0 Å². The van der Waals surface area contributed by atoms with E-state index >= 15 is 0 Å². The second kappa shape index (κ2) is 7.52. The second-order valence-electron chi connectivity index (χ2n) is 10.8. The molecule has 4 aliphatic rings. The molecule has 4 saturated carbocycles. The molecule has 0 heterocycles. The Morgan fingerprint density at radius 2 is 1.26 bits per heavy atom. The van der Waals surface area contributed by atoms with E-state index < -0.39 is 60.5 Å². The molecule has 2 bridgehead atoms. The summed E-state index contributed by atoms with van der Waals surface area (Å²) in [5, 5.41) is -1.88. The van der Waals surface area contributed by atoms with E-state index in [4.69, 9.17) is 0 Å². The highest BCUT2D eigenvalue weighted by molar-refractivity contribution is 8.24. The van der Waals surface area contributed by atoms with Gasteiger partial charge in [-0.25, -0.2) is 25.3 Å². The molecule has 0 spiro atoms. The number of sulfone groups is 3. The summed E-state index contributed by atoms with van der Waals surface area (Å²) in [6.45, 7) is 3.74. The summed E-state index contributed by atoms with van der Waals surface area (Å²) < 4.78 is 79.4. The number of carbonyl (C=O) groups is 1. The summed E-state index contributed by atoms with van der Waals surface area (Å²) in [5.74, 6) is -0.774. The van der Waals surface area contributed by atoms with Gasteiger partial charge in [-0.2, -0.15) is 0 Å². The Morgan fingerprint density at radius 3 is 1.61 bits per heavy atom. The van der Waals surface area contributed by atoms with Crippen LogP contribution < -0.4 is 0 Å². The number of carbonyl (C=O) groups excluding carboxylic acids is 1. The molecule has 0 aliphatic heterocycles. The van der Waals surface area contributed by atoms with Crippen LogP contribution in [0.3, 0.4) is 0 Å². The zero-order chi connectivity index (χ0) is 22.9.